The van der Waals surface area contributed by atoms with Crippen LogP contribution >= 0.6 is 0 Å². The summed E-state index contributed by atoms with van der Waals surface area (Å²) in [5.41, 5.74) is -0.839. The average Bonchev–Trinajstić information content (AvgIpc) is 2.14. The Balaban J connectivity index is 2.97. The molecule has 0 saturated heterocycles. The van der Waals surface area contributed by atoms with Crippen molar-refractivity contribution in [1.29, 1.82) is 0 Å². The van der Waals surface area contributed by atoms with Crippen LogP contribution in [0, 0.1) is 0 Å². The number of carbonyl (C=O) groups excluding carboxylic acids is 1. The minimum Gasteiger partial charge on any atom is -0.303 e. The molecule has 0 aliphatic heterocycles. The zero-order chi connectivity index (χ0) is 10.6. The molecule has 0 spiro atoms. The molecule has 0 aliphatic rings. The summed E-state index contributed by atoms with van der Waals surface area (Å²) in [7, 11) is 0. The fraction of sp³-hybridized carbons (Fsp3) is 0.333. The van der Waals surface area contributed by atoms with Gasteiger partial charge in [-0.15, -0.1) is 0 Å². The number of rotatable bonds is 3. The minimum atomic E-state index is -4.44. The molecule has 1 aromatic heterocycles. The molecule has 2 nitrogen and oxygen atoms in total. The van der Waals surface area contributed by atoms with Crippen LogP contribution in [0.2, 0.25) is 0 Å². The van der Waals surface area contributed by atoms with E-state index in [0.717, 1.165) is 6.20 Å². The van der Waals surface area contributed by atoms with Crippen LogP contribution < -0.4 is 0 Å². The van der Waals surface area contributed by atoms with E-state index in [1.807, 2.05) is 0 Å². The Morgan fingerprint density at radius 2 is 2.14 bits per heavy atom. The molecule has 0 atom stereocenters. The largest absolute Gasteiger partial charge is 0.433 e. The fourth-order valence-electron chi connectivity index (χ4n) is 1.11. The van der Waals surface area contributed by atoms with E-state index in [1.54, 1.807) is 0 Å². The van der Waals surface area contributed by atoms with E-state index in [-0.39, 0.29) is 18.4 Å². The number of aryl methyl sites for hydroxylation is 1. The molecule has 1 aromatic rings. The van der Waals surface area contributed by atoms with Gasteiger partial charge >= 0.3 is 6.18 Å². The molecule has 0 aliphatic carbocycles. The van der Waals surface area contributed by atoms with Gasteiger partial charge in [0.15, 0.2) is 0 Å². The Kier molecular flexibility index (Phi) is 3.22. The lowest BCUT2D eigenvalue weighted by Crippen LogP contribution is -2.11. The third kappa shape index (κ3) is 2.55. The first kappa shape index (κ1) is 10.7. The number of halogens is 3. The lowest BCUT2D eigenvalue weighted by Gasteiger charge is -2.09. The summed E-state index contributed by atoms with van der Waals surface area (Å²) in [5.74, 6) is 0. The van der Waals surface area contributed by atoms with Crippen molar-refractivity contribution < 1.29 is 18.0 Å². The second-order valence-corrected chi connectivity index (χ2v) is 2.71. The molecule has 1 rings (SSSR count). The monoisotopic (exact) mass is 203 g/mol. The van der Waals surface area contributed by atoms with Crippen molar-refractivity contribution in [1.82, 2.24) is 4.98 Å². The van der Waals surface area contributed by atoms with Gasteiger partial charge < -0.3 is 4.79 Å². The summed E-state index contributed by atoms with van der Waals surface area (Å²) in [6.07, 6.45) is -2.61. The van der Waals surface area contributed by atoms with E-state index < -0.39 is 11.9 Å². The van der Waals surface area contributed by atoms with E-state index in [4.69, 9.17) is 0 Å². The third-order valence-electron chi connectivity index (χ3n) is 1.69. The lowest BCUT2D eigenvalue weighted by molar-refractivity contribution is -0.141. The van der Waals surface area contributed by atoms with Crippen LogP contribution in [0.1, 0.15) is 17.7 Å². The Labute approximate surface area is 78.8 Å². The third-order valence-corrected chi connectivity index (χ3v) is 1.69. The van der Waals surface area contributed by atoms with Crippen molar-refractivity contribution in [3.05, 3.63) is 29.6 Å². The highest BCUT2D eigenvalue weighted by Crippen LogP contribution is 2.30. The molecule has 14 heavy (non-hydrogen) atoms. The number of alkyl halides is 3. The number of pyridine rings is 1. The molecule has 0 saturated carbocycles. The highest BCUT2D eigenvalue weighted by atomic mass is 19.4. The van der Waals surface area contributed by atoms with Crippen LogP contribution in [0.15, 0.2) is 18.3 Å². The normalized spacial score (nSPS) is 11.4. The molecule has 0 radical (unpaired) electrons. The van der Waals surface area contributed by atoms with E-state index in [1.165, 1.54) is 12.1 Å². The van der Waals surface area contributed by atoms with E-state index in [0.29, 0.717) is 6.29 Å². The van der Waals surface area contributed by atoms with Crippen LogP contribution in [0.3, 0.4) is 0 Å². The Hall–Kier alpha value is -1.39. The maximum atomic E-state index is 12.3. The standard InChI is InChI=1S/C9H8F3NO/c10-9(11,12)8-7(4-2-6-14)3-1-5-13-8/h1,3,5-6H,2,4H2. The van der Waals surface area contributed by atoms with E-state index in [2.05, 4.69) is 4.98 Å². The van der Waals surface area contributed by atoms with Gasteiger partial charge in [0, 0.05) is 12.6 Å². The summed E-state index contributed by atoms with van der Waals surface area (Å²) in [6, 6.07) is 2.76. The number of aldehydes is 1. The van der Waals surface area contributed by atoms with Crippen molar-refractivity contribution >= 4 is 6.29 Å². The van der Waals surface area contributed by atoms with Gasteiger partial charge in [-0.3, -0.25) is 4.98 Å². The molecule has 1 heterocycles. The second kappa shape index (κ2) is 4.21. The van der Waals surface area contributed by atoms with Crippen molar-refractivity contribution in [2.24, 2.45) is 0 Å². The van der Waals surface area contributed by atoms with Crippen molar-refractivity contribution in [2.75, 3.05) is 0 Å². The first-order valence-electron chi connectivity index (χ1n) is 4.00. The molecular formula is C9H8F3NO. The number of carbonyl (C=O) groups is 1. The van der Waals surface area contributed by atoms with Crippen molar-refractivity contribution in [2.45, 2.75) is 19.0 Å². The van der Waals surface area contributed by atoms with Crippen molar-refractivity contribution in [3.8, 4) is 0 Å². The molecule has 5 heteroatoms. The Bertz CT molecular complexity index is 322. The minimum absolute atomic E-state index is 0.0621. The molecule has 0 aromatic carbocycles. The Morgan fingerprint density at radius 1 is 1.43 bits per heavy atom. The molecule has 0 N–H and O–H groups in total. The van der Waals surface area contributed by atoms with Crippen LogP contribution in [-0.2, 0) is 17.4 Å². The Morgan fingerprint density at radius 3 is 2.71 bits per heavy atom. The van der Waals surface area contributed by atoms with Crippen molar-refractivity contribution in [3.63, 3.8) is 0 Å². The van der Waals surface area contributed by atoms with E-state index >= 15 is 0 Å². The van der Waals surface area contributed by atoms with Crippen LogP contribution in [0.5, 0.6) is 0 Å². The average molecular weight is 203 g/mol. The second-order valence-electron chi connectivity index (χ2n) is 2.71. The van der Waals surface area contributed by atoms with Gasteiger partial charge in [-0.25, -0.2) is 0 Å². The maximum absolute atomic E-state index is 12.3. The van der Waals surface area contributed by atoms with Gasteiger partial charge in [-0.05, 0) is 18.1 Å². The zero-order valence-corrected chi connectivity index (χ0v) is 7.21. The van der Waals surface area contributed by atoms with Gasteiger partial charge in [0.1, 0.15) is 12.0 Å². The van der Waals surface area contributed by atoms with Gasteiger partial charge in [-0.2, -0.15) is 13.2 Å². The quantitative estimate of drug-likeness (QED) is 0.705. The number of hydrogen-bond acceptors (Lipinski definition) is 2. The molecule has 0 unspecified atom stereocenters. The molecule has 0 fully saturated rings. The molecule has 0 bridgehead atoms. The fourth-order valence-corrected chi connectivity index (χ4v) is 1.11. The number of nitrogens with zero attached hydrogens (tertiary/aromatic N) is 1. The predicted molar refractivity (Wildman–Crippen MR) is 43.6 cm³/mol. The van der Waals surface area contributed by atoms with Gasteiger partial charge in [0.25, 0.3) is 0 Å². The van der Waals surface area contributed by atoms with Crippen LogP contribution in [0.4, 0.5) is 13.2 Å². The topological polar surface area (TPSA) is 30.0 Å². The SMILES string of the molecule is O=CCCc1cccnc1C(F)(F)F. The van der Waals surface area contributed by atoms with Crippen LogP contribution in [-0.4, -0.2) is 11.3 Å². The molecule has 76 valence electrons. The number of aromatic nitrogens is 1. The smallest absolute Gasteiger partial charge is 0.303 e. The first-order valence-corrected chi connectivity index (χ1v) is 4.00. The number of hydrogen-bond donors (Lipinski definition) is 0. The first-order chi connectivity index (χ1) is 6.55. The summed E-state index contributed by atoms with van der Waals surface area (Å²) < 4.78 is 37.0. The summed E-state index contributed by atoms with van der Waals surface area (Å²) in [5, 5.41) is 0. The molecule has 0 amide bonds. The molecular weight excluding hydrogens is 195 g/mol. The maximum Gasteiger partial charge on any atom is 0.433 e. The summed E-state index contributed by atoms with van der Waals surface area (Å²) >= 11 is 0. The summed E-state index contributed by atoms with van der Waals surface area (Å²) in [4.78, 5) is 13.3. The lowest BCUT2D eigenvalue weighted by atomic mass is 10.1. The van der Waals surface area contributed by atoms with Crippen LogP contribution in [0.25, 0.3) is 0 Å². The highest BCUT2D eigenvalue weighted by Gasteiger charge is 2.34. The van der Waals surface area contributed by atoms with Gasteiger partial charge in [-0.1, -0.05) is 6.07 Å². The summed E-state index contributed by atoms with van der Waals surface area (Å²) in [6.45, 7) is 0. The van der Waals surface area contributed by atoms with Gasteiger partial charge in [0.05, 0.1) is 0 Å². The van der Waals surface area contributed by atoms with E-state index in [9.17, 15) is 18.0 Å². The van der Waals surface area contributed by atoms with Gasteiger partial charge in [0.2, 0.25) is 0 Å². The predicted octanol–water partition coefficient (Wildman–Crippen LogP) is 2.23. The zero-order valence-electron chi connectivity index (χ0n) is 7.21. The highest BCUT2D eigenvalue weighted by molar-refractivity contribution is 5.50.